The number of anilines is 1. The molecule has 2 amide bonds. The van der Waals surface area contributed by atoms with Gasteiger partial charge < -0.3 is 9.80 Å². The first kappa shape index (κ1) is 15.3. The van der Waals surface area contributed by atoms with Crippen LogP contribution in [0.3, 0.4) is 0 Å². The van der Waals surface area contributed by atoms with Crippen molar-refractivity contribution in [1.29, 1.82) is 0 Å². The maximum atomic E-state index is 12.8. The molecule has 1 heterocycles. The summed E-state index contributed by atoms with van der Waals surface area (Å²) >= 11 is 0. The van der Waals surface area contributed by atoms with Crippen molar-refractivity contribution in [2.45, 2.75) is 19.4 Å². The molecule has 0 aliphatic carbocycles. The van der Waals surface area contributed by atoms with Crippen molar-refractivity contribution >= 4 is 17.5 Å². The Morgan fingerprint density at radius 2 is 1.65 bits per heavy atom. The van der Waals surface area contributed by atoms with Crippen molar-refractivity contribution in [3.05, 3.63) is 66.2 Å². The highest BCUT2D eigenvalue weighted by molar-refractivity contribution is 5.96. The van der Waals surface area contributed by atoms with E-state index in [1.165, 1.54) is 0 Å². The number of hydrogen-bond donors (Lipinski definition) is 0. The highest BCUT2D eigenvalue weighted by atomic mass is 16.2. The van der Waals surface area contributed by atoms with E-state index in [-0.39, 0.29) is 18.4 Å². The lowest BCUT2D eigenvalue weighted by molar-refractivity contribution is -0.132. The lowest BCUT2D eigenvalue weighted by Crippen LogP contribution is -2.40. The van der Waals surface area contributed by atoms with E-state index in [0.29, 0.717) is 19.5 Å². The highest BCUT2D eigenvalue weighted by Crippen LogP contribution is 2.18. The zero-order valence-corrected chi connectivity index (χ0v) is 13.0. The molecule has 4 nitrogen and oxygen atoms in total. The van der Waals surface area contributed by atoms with E-state index >= 15 is 0 Å². The monoisotopic (exact) mass is 308 g/mol. The Hall–Kier alpha value is -2.62. The topological polar surface area (TPSA) is 40.6 Å². The lowest BCUT2D eigenvalue weighted by atomic mass is 10.2. The first-order chi connectivity index (χ1) is 11.2. The zero-order valence-electron chi connectivity index (χ0n) is 13.0. The molecule has 3 rings (SSSR count). The zero-order chi connectivity index (χ0) is 16.1. The van der Waals surface area contributed by atoms with Crippen LogP contribution in [0.25, 0.3) is 0 Å². The summed E-state index contributed by atoms with van der Waals surface area (Å²) in [6.45, 7) is 1.34. The summed E-state index contributed by atoms with van der Waals surface area (Å²) in [5.41, 5.74) is 1.92. The molecule has 0 bridgehead atoms. The van der Waals surface area contributed by atoms with Crippen LogP contribution >= 0.6 is 0 Å². The largest absolute Gasteiger partial charge is 0.333 e. The molecule has 0 spiro atoms. The van der Waals surface area contributed by atoms with Crippen molar-refractivity contribution in [2.24, 2.45) is 0 Å². The van der Waals surface area contributed by atoms with E-state index in [1.54, 1.807) is 9.80 Å². The number of nitrogens with zero attached hydrogens (tertiary/aromatic N) is 2. The second kappa shape index (κ2) is 7.09. The molecule has 1 saturated heterocycles. The minimum atomic E-state index is -0.0460. The Bertz CT molecular complexity index is 670. The molecular weight excluding hydrogens is 288 g/mol. The van der Waals surface area contributed by atoms with Gasteiger partial charge in [0, 0.05) is 18.7 Å². The van der Waals surface area contributed by atoms with Crippen molar-refractivity contribution in [1.82, 2.24) is 4.90 Å². The summed E-state index contributed by atoms with van der Waals surface area (Å²) in [5.74, 6) is 0.0291. The van der Waals surface area contributed by atoms with Crippen LogP contribution in [0, 0.1) is 0 Å². The minimum absolute atomic E-state index is 0.0460. The van der Waals surface area contributed by atoms with Gasteiger partial charge in [-0.2, -0.15) is 0 Å². The Morgan fingerprint density at radius 1 is 1.00 bits per heavy atom. The minimum Gasteiger partial charge on any atom is -0.333 e. The molecule has 118 valence electrons. The molecule has 0 atom stereocenters. The molecule has 0 unspecified atom stereocenters. The third-order valence-electron chi connectivity index (χ3n) is 4.05. The van der Waals surface area contributed by atoms with Crippen LogP contribution in [0.1, 0.15) is 18.4 Å². The van der Waals surface area contributed by atoms with Crippen LogP contribution in [0.2, 0.25) is 0 Å². The predicted octanol–water partition coefficient (Wildman–Crippen LogP) is 2.84. The molecule has 23 heavy (non-hydrogen) atoms. The molecule has 1 aliphatic heterocycles. The van der Waals surface area contributed by atoms with E-state index in [2.05, 4.69) is 0 Å². The van der Waals surface area contributed by atoms with E-state index < -0.39 is 0 Å². The number of hydrogen-bond acceptors (Lipinski definition) is 2. The maximum Gasteiger partial charge on any atom is 0.246 e. The normalized spacial score (nSPS) is 14.1. The fourth-order valence-electron chi connectivity index (χ4n) is 2.82. The number of para-hydroxylation sites is 1. The van der Waals surface area contributed by atoms with E-state index in [4.69, 9.17) is 0 Å². The Kier molecular flexibility index (Phi) is 4.71. The van der Waals surface area contributed by atoms with Gasteiger partial charge in [-0.15, -0.1) is 0 Å². The molecule has 1 aliphatic rings. The third-order valence-corrected chi connectivity index (χ3v) is 4.05. The van der Waals surface area contributed by atoms with Crippen LogP contribution in [0.4, 0.5) is 5.69 Å². The van der Waals surface area contributed by atoms with Crippen LogP contribution in [0.5, 0.6) is 0 Å². The maximum absolute atomic E-state index is 12.8. The van der Waals surface area contributed by atoms with Gasteiger partial charge in [-0.3, -0.25) is 9.59 Å². The summed E-state index contributed by atoms with van der Waals surface area (Å²) in [6.07, 6.45) is 1.40. The van der Waals surface area contributed by atoms with Crippen molar-refractivity contribution in [3.63, 3.8) is 0 Å². The predicted molar refractivity (Wildman–Crippen MR) is 89.9 cm³/mol. The highest BCUT2D eigenvalue weighted by Gasteiger charge is 2.25. The quantitative estimate of drug-likeness (QED) is 0.852. The molecule has 0 radical (unpaired) electrons. The fourth-order valence-corrected chi connectivity index (χ4v) is 2.82. The van der Waals surface area contributed by atoms with Gasteiger partial charge in [0.25, 0.3) is 0 Å². The molecule has 0 N–H and O–H groups in total. The summed E-state index contributed by atoms with van der Waals surface area (Å²) in [6, 6.07) is 19.5. The average molecular weight is 308 g/mol. The number of amides is 2. The molecule has 2 aromatic carbocycles. The average Bonchev–Trinajstić information content (AvgIpc) is 2.99. The smallest absolute Gasteiger partial charge is 0.246 e. The van der Waals surface area contributed by atoms with Gasteiger partial charge in [0.2, 0.25) is 11.8 Å². The van der Waals surface area contributed by atoms with Gasteiger partial charge in [0.1, 0.15) is 6.54 Å². The second-order valence-corrected chi connectivity index (χ2v) is 5.72. The number of rotatable bonds is 5. The van der Waals surface area contributed by atoms with E-state index in [1.807, 2.05) is 60.7 Å². The van der Waals surface area contributed by atoms with Gasteiger partial charge in [0.15, 0.2) is 0 Å². The van der Waals surface area contributed by atoms with Crippen LogP contribution in [-0.4, -0.2) is 29.8 Å². The Balaban J connectivity index is 1.79. The number of carbonyl (C=O) groups excluding carboxylic acids is 2. The van der Waals surface area contributed by atoms with E-state index in [9.17, 15) is 9.59 Å². The second-order valence-electron chi connectivity index (χ2n) is 5.72. The standard InChI is InChI=1S/C19H20N2O2/c22-18-12-7-13-20(18)15-19(23)21(17-10-5-2-6-11-17)14-16-8-3-1-4-9-16/h1-6,8-11H,7,12-15H2. The van der Waals surface area contributed by atoms with Gasteiger partial charge in [-0.25, -0.2) is 0 Å². The van der Waals surface area contributed by atoms with Crippen molar-refractivity contribution in [2.75, 3.05) is 18.0 Å². The fraction of sp³-hybridized carbons (Fsp3) is 0.263. The van der Waals surface area contributed by atoms with Crippen LogP contribution < -0.4 is 4.90 Å². The van der Waals surface area contributed by atoms with Crippen molar-refractivity contribution < 1.29 is 9.59 Å². The molecule has 0 aromatic heterocycles. The van der Waals surface area contributed by atoms with Gasteiger partial charge in [-0.1, -0.05) is 48.5 Å². The molecule has 4 heteroatoms. The molecule has 2 aromatic rings. The van der Waals surface area contributed by atoms with Crippen LogP contribution in [-0.2, 0) is 16.1 Å². The lowest BCUT2D eigenvalue weighted by Gasteiger charge is -2.25. The SMILES string of the molecule is O=C1CCCN1CC(=O)N(Cc1ccccc1)c1ccccc1. The van der Waals surface area contributed by atoms with E-state index in [0.717, 1.165) is 17.7 Å². The summed E-state index contributed by atoms with van der Waals surface area (Å²) < 4.78 is 0. The number of carbonyl (C=O) groups is 2. The van der Waals surface area contributed by atoms with Crippen LogP contribution in [0.15, 0.2) is 60.7 Å². The van der Waals surface area contributed by atoms with Crippen molar-refractivity contribution in [3.8, 4) is 0 Å². The van der Waals surface area contributed by atoms with Gasteiger partial charge in [0.05, 0.1) is 6.54 Å². The van der Waals surface area contributed by atoms with Gasteiger partial charge in [-0.05, 0) is 24.1 Å². The van der Waals surface area contributed by atoms with Gasteiger partial charge >= 0.3 is 0 Å². The first-order valence-corrected chi connectivity index (χ1v) is 7.91. The Labute approximate surface area is 136 Å². The molecular formula is C19H20N2O2. The first-order valence-electron chi connectivity index (χ1n) is 7.91. The Morgan fingerprint density at radius 3 is 2.26 bits per heavy atom. The number of likely N-dealkylation sites (tertiary alicyclic amines) is 1. The number of benzene rings is 2. The summed E-state index contributed by atoms with van der Waals surface area (Å²) in [4.78, 5) is 28.0. The summed E-state index contributed by atoms with van der Waals surface area (Å²) in [5, 5.41) is 0. The molecule has 0 saturated carbocycles. The molecule has 1 fully saturated rings. The summed E-state index contributed by atoms with van der Waals surface area (Å²) in [7, 11) is 0. The third kappa shape index (κ3) is 3.77.